The second-order valence-corrected chi connectivity index (χ2v) is 5.06. The minimum absolute atomic E-state index is 0.158. The molecule has 2 N–H and O–H groups in total. The predicted molar refractivity (Wildman–Crippen MR) is 75.3 cm³/mol. The lowest BCUT2D eigenvalue weighted by Gasteiger charge is -2.31. The summed E-state index contributed by atoms with van der Waals surface area (Å²) in [6, 6.07) is 3.14. The fourth-order valence-corrected chi connectivity index (χ4v) is 2.56. The van der Waals surface area contributed by atoms with Crippen molar-refractivity contribution in [3.8, 4) is 0 Å². The third-order valence-corrected chi connectivity index (χ3v) is 3.76. The van der Waals surface area contributed by atoms with E-state index in [2.05, 4.69) is 20.5 Å². The van der Waals surface area contributed by atoms with Crippen LogP contribution in [0.2, 0.25) is 0 Å². The van der Waals surface area contributed by atoms with Gasteiger partial charge in [-0.1, -0.05) is 0 Å². The van der Waals surface area contributed by atoms with E-state index in [1.54, 1.807) is 11.1 Å². The highest BCUT2D eigenvalue weighted by Crippen LogP contribution is 2.26. The topological polar surface area (TPSA) is 73.9 Å². The van der Waals surface area contributed by atoms with Gasteiger partial charge in [-0.3, -0.25) is 10.1 Å². The van der Waals surface area contributed by atoms with E-state index in [0.717, 1.165) is 24.7 Å². The number of nitrogens with one attached hydrogen (secondary N) is 2. The maximum atomic E-state index is 13.5. The minimum Gasteiger partial charge on any atom is -0.324 e. The molecule has 7 heteroatoms. The number of H-pyrrole nitrogens is 1. The molecule has 0 bridgehead atoms. The Morgan fingerprint density at radius 2 is 2.14 bits per heavy atom. The van der Waals surface area contributed by atoms with Crippen molar-refractivity contribution in [3.05, 3.63) is 42.2 Å². The number of piperidine rings is 1. The summed E-state index contributed by atoms with van der Waals surface area (Å²) in [7, 11) is 0. The Bertz CT molecular complexity index is 608. The third kappa shape index (κ3) is 3.01. The number of carbonyl (C=O) groups is 1. The lowest BCUT2D eigenvalue weighted by molar-refractivity contribution is 0.194. The van der Waals surface area contributed by atoms with Gasteiger partial charge in [0.25, 0.3) is 0 Å². The van der Waals surface area contributed by atoms with Crippen LogP contribution in [0.3, 0.4) is 0 Å². The number of anilines is 1. The number of hydrogen-bond donors (Lipinski definition) is 2. The molecule has 6 nitrogen and oxygen atoms in total. The summed E-state index contributed by atoms with van der Waals surface area (Å²) < 4.78 is 13.5. The zero-order valence-electron chi connectivity index (χ0n) is 11.4. The van der Waals surface area contributed by atoms with Crippen molar-refractivity contribution in [2.75, 3.05) is 18.4 Å². The summed E-state index contributed by atoms with van der Waals surface area (Å²) >= 11 is 0. The van der Waals surface area contributed by atoms with Crippen LogP contribution in [-0.2, 0) is 0 Å². The molecule has 0 unspecified atom stereocenters. The van der Waals surface area contributed by atoms with Crippen LogP contribution >= 0.6 is 0 Å². The molecule has 2 amide bonds. The quantitative estimate of drug-likeness (QED) is 0.891. The summed E-state index contributed by atoms with van der Waals surface area (Å²) in [5.41, 5.74) is 1.26. The lowest BCUT2D eigenvalue weighted by atomic mass is 9.94. The molecular weight excluding hydrogens is 273 g/mol. The molecule has 0 aromatic carbocycles. The van der Waals surface area contributed by atoms with Gasteiger partial charge in [-0.2, -0.15) is 5.10 Å². The number of urea groups is 1. The number of halogens is 1. The molecule has 1 aliphatic heterocycles. The van der Waals surface area contributed by atoms with E-state index in [1.165, 1.54) is 12.3 Å². The van der Waals surface area contributed by atoms with Crippen molar-refractivity contribution < 1.29 is 9.18 Å². The molecule has 1 saturated heterocycles. The van der Waals surface area contributed by atoms with E-state index < -0.39 is 5.82 Å². The number of likely N-dealkylation sites (tertiary alicyclic amines) is 1. The van der Waals surface area contributed by atoms with Crippen molar-refractivity contribution in [3.63, 3.8) is 0 Å². The average Bonchev–Trinajstić information content (AvgIpc) is 3.04. The number of amides is 2. The molecule has 1 aliphatic rings. The van der Waals surface area contributed by atoms with Gasteiger partial charge >= 0.3 is 6.03 Å². The number of rotatable bonds is 2. The first-order valence-corrected chi connectivity index (χ1v) is 6.89. The maximum Gasteiger partial charge on any atom is 0.321 e. The van der Waals surface area contributed by atoms with Crippen molar-refractivity contribution in [2.45, 2.75) is 18.8 Å². The molecule has 0 aliphatic carbocycles. The number of hydrogen-bond acceptors (Lipinski definition) is 3. The van der Waals surface area contributed by atoms with E-state index in [1.807, 2.05) is 6.07 Å². The highest BCUT2D eigenvalue weighted by atomic mass is 19.1. The Morgan fingerprint density at radius 1 is 1.33 bits per heavy atom. The van der Waals surface area contributed by atoms with Crippen LogP contribution in [0.1, 0.15) is 24.5 Å². The highest BCUT2D eigenvalue weighted by Gasteiger charge is 2.24. The van der Waals surface area contributed by atoms with Crippen molar-refractivity contribution in [1.82, 2.24) is 20.1 Å². The monoisotopic (exact) mass is 289 g/mol. The third-order valence-electron chi connectivity index (χ3n) is 3.76. The summed E-state index contributed by atoms with van der Waals surface area (Å²) in [6.45, 7) is 1.28. The average molecular weight is 289 g/mol. The molecule has 0 radical (unpaired) electrons. The fourth-order valence-electron chi connectivity index (χ4n) is 2.56. The van der Waals surface area contributed by atoms with Crippen LogP contribution in [0.25, 0.3) is 0 Å². The van der Waals surface area contributed by atoms with E-state index in [-0.39, 0.29) is 11.7 Å². The zero-order valence-corrected chi connectivity index (χ0v) is 11.4. The van der Waals surface area contributed by atoms with Gasteiger partial charge in [0.1, 0.15) is 0 Å². The normalized spacial score (nSPS) is 16.0. The largest absolute Gasteiger partial charge is 0.324 e. The van der Waals surface area contributed by atoms with E-state index in [9.17, 15) is 9.18 Å². The van der Waals surface area contributed by atoms with Crippen LogP contribution in [0.5, 0.6) is 0 Å². The molecule has 0 spiro atoms. The SMILES string of the molecule is O=C(Nc1ccncc1F)N1CCC(c2ccn[nH]2)CC1. The second-order valence-electron chi connectivity index (χ2n) is 5.06. The Morgan fingerprint density at radius 3 is 2.81 bits per heavy atom. The number of pyridine rings is 1. The van der Waals surface area contributed by atoms with E-state index in [0.29, 0.717) is 19.0 Å². The molecule has 2 aromatic heterocycles. The summed E-state index contributed by atoms with van der Waals surface area (Å²) in [4.78, 5) is 17.5. The molecule has 2 aromatic rings. The van der Waals surface area contributed by atoms with Gasteiger partial charge in [-0.15, -0.1) is 0 Å². The van der Waals surface area contributed by atoms with Crippen molar-refractivity contribution in [2.24, 2.45) is 0 Å². The van der Waals surface area contributed by atoms with E-state index in [4.69, 9.17) is 0 Å². The first kappa shape index (κ1) is 13.5. The number of nitrogens with zero attached hydrogens (tertiary/aromatic N) is 3. The fraction of sp³-hybridized carbons (Fsp3) is 0.357. The van der Waals surface area contributed by atoms with Gasteiger partial charge < -0.3 is 10.2 Å². The van der Waals surface area contributed by atoms with Crippen molar-refractivity contribution >= 4 is 11.7 Å². The first-order valence-electron chi connectivity index (χ1n) is 6.89. The van der Waals surface area contributed by atoms with E-state index >= 15 is 0 Å². The number of carbonyl (C=O) groups excluding carboxylic acids is 1. The first-order chi connectivity index (χ1) is 10.2. The smallest absolute Gasteiger partial charge is 0.321 e. The zero-order chi connectivity index (χ0) is 14.7. The molecular formula is C14H16FN5O. The molecule has 110 valence electrons. The Labute approximate surface area is 121 Å². The maximum absolute atomic E-state index is 13.5. The van der Waals surface area contributed by atoms with Gasteiger partial charge in [0.05, 0.1) is 11.9 Å². The van der Waals surface area contributed by atoms with Gasteiger partial charge in [-0.05, 0) is 25.0 Å². The molecule has 1 fully saturated rings. The summed E-state index contributed by atoms with van der Waals surface area (Å²) in [6.07, 6.45) is 6.01. The highest BCUT2D eigenvalue weighted by molar-refractivity contribution is 5.89. The predicted octanol–water partition coefficient (Wildman–Crippen LogP) is 2.36. The van der Waals surface area contributed by atoms with Gasteiger partial charge in [0, 0.05) is 37.1 Å². The van der Waals surface area contributed by atoms with Crippen LogP contribution < -0.4 is 5.32 Å². The molecule has 3 rings (SSSR count). The summed E-state index contributed by atoms with van der Waals surface area (Å²) in [5.74, 6) is -0.132. The Balaban J connectivity index is 1.57. The van der Waals surface area contributed by atoms with Crippen molar-refractivity contribution in [1.29, 1.82) is 0 Å². The standard InChI is InChI=1S/C14H16FN5O/c15-11-9-16-5-1-13(11)18-14(21)20-7-3-10(4-8-20)12-2-6-17-19-12/h1-2,5-6,9-10H,3-4,7-8H2,(H,17,19)(H,16,18,21). The number of aromatic amines is 1. The van der Waals surface area contributed by atoms with Gasteiger partial charge in [0.15, 0.2) is 5.82 Å². The Kier molecular flexibility index (Phi) is 3.81. The van der Waals surface area contributed by atoms with Crippen LogP contribution in [0.15, 0.2) is 30.7 Å². The molecule has 0 atom stereocenters. The lowest BCUT2D eigenvalue weighted by Crippen LogP contribution is -2.40. The van der Waals surface area contributed by atoms with Crippen LogP contribution in [-0.4, -0.2) is 39.2 Å². The second kappa shape index (κ2) is 5.90. The summed E-state index contributed by atoms with van der Waals surface area (Å²) in [5, 5.41) is 9.51. The van der Waals surface area contributed by atoms with Gasteiger partial charge in [-0.25, -0.2) is 9.18 Å². The Hall–Kier alpha value is -2.44. The van der Waals surface area contributed by atoms with Crippen LogP contribution in [0, 0.1) is 5.82 Å². The minimum atomic E-state index is -0.529. The molecule has 0 saturated carbocycles. The molecule has 3 heterocycles. The molecule has 21 heavy (non-hydrogen) atoms. The van der Waals surface area contributed by atoms with Crippen LogP contribution in [0.4, 0.5) is 14.9 Å². The van der Waals surface area contributed by atoms with Gasteiger partial charge in [0.2, 0.25) is 0 Å². The number of aromatic nitrogens is 3.